The Morgan fingerprint density at radius 2 is 2.19 bits per heavy atom. The van der Waals surface area contributed by atoms with Crippen LogP contribution in [0.5, 0.6) is 0 Å². The SMILES string of the molecule is O=C(Nc1cccc2cn[nH]c12)c1ccc2c(c1)NCC2. The molecule has 2 aromatic carbocycles. The topological polar surface area (TPSA) is 69.8 Å². The molecule has 104 valence electrons. The Morgan fingerprint density at radius 1 is 1.24 bits per heavy atom. The highest BCUT2D eigenvalue weighted by atomic mass is 16.1. The molecule has 0 atom stereocenters. The first-order valence-corrected chi connectivity index (χ1v) is 6.91. The van der Waals surface area contributed by atoms with E-state index in [1.165, 1.54) is 5.56 Å². The normalized spacial score (nSPS) is 13.0. The van der Waals surface area contributed by atoms with Crippen LogP contribution in [0.1, 0.15) is 15.9 Å². The van der Waals surface area contributed by atoms with Gasteiger partial charge in [0.1, 0.15) is 0 Å². The van der Waals surface area contributed by atoms with Crippen molar-refractivity contribution in [3.63, 3.8) is 0 Å². The van der Waals surface area contributed by atoms with Gasteiger partial charge in [-0.25, -0.2) is 0 Å². The maximum Gasteiger partial charge on any atom is 0.255 e. The van der Waals surface area contributed by atoms with Gasteiger partial charge in [0, 0.05) is 23.2 Å². The highest BCUT2D eigenvalue weighted by Crippen LogP contribution is 2.25. The van der Waals surface area contributed by atoms with E-state index in [-0.39, 0.29) is 5.91 Å². The van der Waals surface area contributed by atoms with Gasteiger partial charge >= 0.3 is 0 Å². The number of fused-ring (bicyclic) bond motifs is 2. The molecule has 1 aromatic heterocycles. The zero-order valence-corrected chi connectivity index (χ0v) is 11.3. The fourth-order valence-corrected chi connectivity index (χ4v) is 2.70. The number of amides is 1. The molecule has 4 rings (SSSR count). The van der Waals surface area contributed by atoms with E-state index in [1.807, 2.05) is 36.4 Å². The minimum Gasteiger partial charge on any atom is -0.384 e. The number of H-pyrrole nitrogens is 1. The van der Waals surface area contributed by atoms with Crippen molar-refractivity contribution in [3.05, 3.63) is 53.7 Å². The molecular weight excluding hydrogens is 264 g/mol. The van der Waals surface area contributed by atoms with E-state index < -0.39 is 0 Å². The van der Waals surface area contributed by atoms with Gasteiger partial charge in [-0.05, 0) is 30.2 Å². The summed E-state index contributed by atoms with van der Waals surface area (Å²) < 4.78 is 0. The number of hydrogen-bond donors (Lipinski definition) is 3. The van der Waals surface area contributed by atoms with Crippen molar-refractivity contribution in [1.29, 1.82) is 0 Å². The lowest BCUT2D eigenvalue weighted by molar-refractivity contribution is 0.102. The second-order valence-electron chi connectivity index (χ2n) is 5.14. The predicted molar refractivity (Wildman–Crippen MR) is 82.7 cm³/mol. The first kappa shape index (κ1) is 12.0. The van der Waals surface area contributed by atoms with Crippen molar-refractivity contribution in [1.82, 2.24) is 10.2 Å². The van der Waals surface area contributed by atoms with Gasteiger partial charge < -0.3 is 10.6 Å². The lowest BCUT2D eigenvalue weighted by Gasteiger charge is -2.08. The Hall–Kier alpha value is -2.82. The largest absolute Gasteiger partial charge is 0.384 e. The minimum absolute atomic E-state index is 0.117. The van der Waals surface area contributed by atoms with Gasteiger partial charge in [-0.15, -0.1) is 0 Å². The van der Waals surface area contributed by atoms with E-state index in [9.17, 15) is 4.79 Å². The summed E-state index contributed by atoms with van der Waals surface area (Å²) in [5, 5.41) is 14.1. The van der Waals surface area contributed by atoms with Crippen LogP contribution in [0.4, 0.5) is 11.4 Å². The Morgan fingerprint density at radius 3 is 3.14 bits per heavy atom. The second kappa shape index (κ2) is 4.63. The van der Waals surface area contributed by atoms with Crippen LogP contribution in [0.3, 0.4) is 0 Å². The highest BCUT2D eigenvalue weighted by Gasteiger charge is 2.14. The molecule has 1 aliphatic heterocycles. The van der Waals surface area contributed by atoms with Crippen LogP contribution in [0.2, 0.25) is 0 Å². The van der Waals surface area contributed by atoms with Crippen LogP contribution < -0.4 is 10.6 Å². The molecule has 2 heterocycles. The number of aromatic nitrogens is 2. The summed E-state index contributed by atoms with van der Waals surface area (Å²) in [5.41, 5.74) is 4.55. The van der Waals surface area contributed by atoms with E-state index in [2.05, 4.69) is 20.8 Å². The number of anilines is 2. The third-order valence-corrected chi connectivity index (χ3v) is 3.81. The second-order valence-corrected chi connectivity index (χ2v) is 5.14. The number of nitrogens with zero attached hydrogens (tertiary/aromatic N) is 1. The maximum absolute atomic E-state index is 12.4. The molecule has 0 spiro atoms. The molecule has 1 aliphatic rings. The predicted octanol–water partition coefficient (Wildman–Crippen LogP) is 2.78. The Balaban J connectivity index is 1.65. The first-order chi connectivity index (χ1) is 10.3. The third-order valence-electron chi connectivity index (χ3n) is 3.81. The minimum atomic E-state index is -0.117. The van der Waals surface area contributed by atoms with Gasteiger partial charge in [-0.3, -0.25) is 9.89 Å². The molecular formula is C16H14N4O. The summed E-state index contributed by atoms with van der Waals surface area (Å²) >= 11 is 0. The molecule has 0 unspecified atom stereocenters. The maximum atomic E-state index is 12.4. The average Bonchev–Trinajstić information content (AvgIpc) is 3.15. The van der Waals surface area contributed by atoms with Crippen LogP contribution in [0, 0.1) is 0 Å². The van der Waals surface area contributed by atoms with E-state index in [4.69, 9.17) is 0 Å². The molecule has 1 amide bonds. The van der Waals surface area contributed by atoms with Crippen molar-refractivity contribution in [2.45, 2.75) is 6.42 Å². The van der Waals surface area contributed by atoms with Crippen molar-refractivity contribution in [2.75, 3.05) is 17.2 Å². The fraction of sp³-hybridized carbons (Fsp3) is 0.125. The van der Waals surface area contributed by atoms with Gasteiger partial charge in [0.25, 0.3) is 5.91 Å². The molecule has 0 radical (unpaired) electrons. The fourth-order valence-electron chi connectivity index (χ4n) is 2.70. The first-order valence-electron chi connectivity index (χ1n) is 6.91. The number of rotatable bonds is 2. The number of para-hydroxylation sites is 1. The van der Waals surface area contributed by atoms with Gasteiger partial charge in [0.15, 0.2) is 0 Å². The highest BCUT2D eigenvalue weighted by molar-refractivity contribution is 6.08. The van der Waals surface area contributed by atoms with E-state index in [0.717, 1.165) is 35.2 Å². The molecule has 3 N–H and O–H groups in total. The lowest BCUT2D eigenvalue weighted by atomic mass is 10.1. The van der Waals surface area contributed by atoms with Crippen LogP contribution in [-0.4, -0.2) is 22.6 Å². The van der Waals surface area contributed by atoms with Gasteiger partial charge in [0.2, 0.25) is 0 Å². The molecule has 21 heavy (non-hydrogen) atoms. The molecule has 0 saturated heterocycles. The lowest BCUT2D eigenvalue weighted by Crippen LogP contribution is -2.12. The van der Waals surface area contributed by atoms with Crippen molar-refractivity contribution < 1.29 is 4.79 Å². The van der Waals surface area contributed by atoms with Crippen LogP contribution in [0.25, 0.3) is 10.9 Å². The summed E-state index contributed by atoms with van der Waals surface area (Å²) in [5.74, 6) is -0.117. The Bertz CT molecular complexity index is 837. The monoisotopic (exact) mass is 278 g/mol. The Labute approximate surface area is 121 Å². The smallest absolute Gasteiger partial charge is 0.255 e. The third kappa shape index (κ3) is 2.03. The summed E-state index contributed by atoms with van der Waals surface area (Å²) in [7, 11) is 0. The molecule has 5 heteroatoms. The zero-order valence-electron chi connectivity index (χ0n) is 11.3. The van der Waals surface area contributed by atoms with E-state index in [1.54, 1.807) is 6.20 Å². The molecule has 5 nitrogen and oxygen atoms in total. The average molecular weight is 278 g/mol. The van der Waals surface area contributed by atoms with Crippen molar-refractivity contribution in [3.8, 4) is 0 Å². The summed E-state index contributed by atoms with van der Waals surface area (Å²) in [4.78, 5) is 12.4. The van der Waals surface area contributed by atoms with Gasteiger partial charge in [0.05, 0.1) is 17.4 Å². The van der Waals surface area contributed by atoms with Gasteiger partial charge in [-0.1, -0.05) is 18.2 Å². The van der Waals surface area contributed by atoms with Gasteiger partial charge in [-0.2, -0.15) is 5.10 Å². The summed E-state index contributed by atoms with van der Waals surface area (Å²) in [6, 6.07) is 11.5. The van der Waals surface area contributed by atoms with Crippen LogP contribution in [-0.2, 0) is 6.42 Å². The van der Waals surface area contributed by atoms with Crippen LogP contribution in [0.15, 0.2) is 42.6 Å². The quantitative estimate of drug-likeness (QED) is 0.675. The van der Waals surface area contributed by atoms with E-state index in [0.29, 0.717) is 5.56 Å². The van der Waals surface area contributed by atoms with E-state index >= 15 is 0 Å². The van der Waals surface area contributed by atoms with Crippen molar-refractivity contribution >= 4 is 28.2 Å². The van der Waals surface area contributed by atoms with Crippen molar-refractivity contribution in [2.24, 2.45) is 0 Å². The number of nitrogens with one attached hydrogen (secondary N) is 3. The Kier molecular flexibility index (Phi) is 2.64. The van der Waals surface area contributed by atoms with Crippen LogP contribution >= 0.6 is 0 Å². The number of hydrogen-bond acceptors (Lipinski definition) is 3. The number of carbonyl (C=O) groups excluding carboxylic acids is 1. The zero-order chi connectivity index (χ0) is 14.2. The number of benzene rings is 2. The molecule has 3 aromatic rings. The molecule has 0 aliphatic carbocycles. The molecule has 0 bridgehead atoms. The number of carbonyl (C=O) groups is 1. The standard InChI is InChI=1S/C16H14N4O/c21-16(11-5-4-10-6-7-17-14(10)8-11)19-13-3-1-2-12-9-18-20-15(12)13/h1-5,8-9,17H,6-7H2,(H,18,20)(H,19,21). The summed E-state index contributed by atoms with van der Waals surface area (Å²) in [6.07, 6.45) is 2.76. The molecule has 0 saturated carbocycles. The number of aromatic amines is 1. The molecule has 0 fully saturated rings. The summed E-state index contributed by atoms with van der Waals surface area (Å²) in [6.45, 7) is 0.938.